The van der Waals surface area contributed by atoms with Crippen molar-refractivity contribution in [1.29, 1.82) is 0 Å². The first-order chi connectivity index (χ1) is 10.2. The number of hydrogen-bond donors (Lipinski definition) is 0. The zero-order valence-corrected chi connectivity index (χ0v) is 12.0. The summed E-state index contributed by atoms with van der Waals surface area (Å²) in [7, 11) is 0. The van der Waals surface area contributed by atoms with Crippen LogP contribution >= 0.6 is 0 Å². The van der Waals surface area contributed by atoms with E-state index in [1.54, 1.807) is 29.9 Å². The molecule has 0 aliphatic carbocycles. The molecule has 6 heteroatoms. The summed E-state index contributed by atoms with van der Waals surface area (Å²) in [6.45, 7) is 4.43. The van der Waals surface area contributed by atoms with Gasteiger partial charge in [-0.15, -0.1) is 5.10 Å². The lowest BCUT2D eigenvalue weighted by Gasteiger charge is -2.03. The molecule has 0 spiro atoms. The van der Waals surface area contributed by atoms with E-state index in [4.69, 9.17) is 0 Å². The van der Waals surface area contributed by atoms with Crippen molar-refractivity contribution >= 4 is 0 Å². The van der Waals surface area contributed by atoms with Crippen LogP contribution in [0.4, 0.5) is 4.39 Å². The molecule has 0 bridgehead atoms. The number of benzene rings is 1. The smallest absolute Gasteiger partial charge is 0.126 e. The number of rotatable bonds is 4. The molecule has 21 heavy (non-hydrogen) atoms. The van der Waals surface area contributed by atoms with Crippen molar-refractivity contribution in [2.75, 3.05) is 0 Å². The van der Waals surface area contributed by atoms with Crippen LogP contribution in [0.15, 0.2) is 36.8 Å². The van der Waals surface area contributed by atoms with Crippen LogP contribution in [-0.4, -0.2) is 24.5 Å². The molecule has 0 saturated carbocycles. The highest BCUT2D eigenvalue weighted by molar-refractivity contribution is 5.35. The van der Waals surface area contributed by atoms with E-state index in [0.717, 1.165) is 23.6 Å². The summed E-state index contributed by atoms with van der Waals surface area (Å²) in [6, 6.07) is 4.88. The molecule has 0 amide bonds. The highest BCUT2D eigenvalue weighted by atomic mass is 19.1. The highest BCUT2D eigenvalue weighted by Crippen LogP contribution is 2.13. The lowest BCUT2D eigenvalue weighted by Crippen LogP contribution is -2.03. The van der Waals surface area contributed by atoms with Gasteiger partial charge in [0.1, 0.15) is 17.3 Å². The van der Waals surface area contributed by atoms with Crippen LogP contribution in [0, 0.1) is 12.7 Å². The number of nitrogens with zero attached hydrogens (tertiary/aromatic N) is 5. The summed E-state index contributed by atoms with van der Waals surface area (Å²) in [4.78, 5) is 4.28. The number of aromatic nitrogens is 5. The second-order valence-electron chi connectivity index (χ2n) is 4.91. The Morgan fingerprint density at radius 2 is 2.14 bits per heavy atom. The van der Waals surface area contributed by atoms with Gasteiger partial charge >= 0.3 is 0 Å². The molecule has 0 N–H and O–H groups in total. The first kappa shape index (κ1) is 13.5. The van der Waals surface area contributed by atoms with Gasteiger partial charge in [-0.1, -0.05) is 12.1 Å². The minimum atomic E-state index is -0.218. The predicted octanol–water partition coefficient (Wildman–Crippen LogP) is 2.52. The minimum absolute atomic E-state index is 0.218. The Bertz CT molecular complexity index is 759. The van der Waals surface area contributed by atoms with E-state index < -0.39 is 0 Å². The Morgan fingerprint density at radius 3 is 2.90 bits per heavy atom. The lowest BCUT2D eigenvalue weighted by molar-refractivity contribution is 0.617. The number of imidazole rings is 1. The number of aryl methyl sites for hydroxylation is 2. The molecule has 3 rings (SSSR count). The quantitative estimate of drug-likeness (QED) is 0.740. The van der Waals surface area contributed by atoms with E-state index in [-0.39, 0.29) is 5.82 Å². The van der Waals surface area contributed by atoms with Gasteiger partial charge in [0, 0.05) is 18.8 Å². The Hall–Kier alpha value is -2.50. The molecule has 0 radical (unpaired) electrons. The molecule has 0 aliphatic heterocycles. The first-order valence-corrected chi connectivity index (χ1v) is 6.85. The molecule has 2 heterocycles. The van der Waals surface area contributed by atoms with Gasteiger partial charge in [0.2, 0.25) is 0 Å². The maximum absolute atomic E-state index is 13.3. The average Bonchev–Trinajstić information content (AvgIpc) is 3.11. The summed E-state index contributed by atoms with van der Waals surface area (Å²) in [5.74, 6) is 0.798. The summed E-state index contributed by atoms with van der Waals surface area (Å²) >= 11 is 0. The van der Waals surface area contributed by atoms with Gasteiger partial charge in [-0.3, -0.25) is 0 Å². The summed E-state index contributed by atoms with van der Waals surface area (Å²) in [5.41, 5.74) is 2.23. The van der Waals surface area contributed by atoms with Crippen molar-refractivity contribution in [3.8, 4) is 5.69 Å². The molecular weight excluding hydrogens is 269 g/mol. The van der Waals surface area contributed by atoms with Crippen molar-refractivity contribution in [3.05, 3.63) is 59.7 Å². The van der Waals surface area contributed by atoms with Gasteiger partial charge in [0.25, 0.3) is 0 Å². The largest absolute Gasteiger partial charge is 0.329 e. The third-order valence-corrected chi connectivity index (χ3v) is 3.40. The summed E-state index contributed by atoms with van der Waals surface area (Å²) in [6.07, 6.45) is 6.44. The van der Waals surface area contributed by atoms with Crippen molar-refractivity contribution in [2.45, 2.75) is 26.8 Å². The standard InChI is InChI=1S/C15H16FN5/c1-3-15-17-6-7-20(15)9-12-10-21(19-18-12)13-4-5-14(16)11(2)8-13/h4-8,10H,3,9H2,1-2H3. The van der Waals surface area contributed by atoms with E-state index in [9.17, 15) is 4.39 Å². The van der Waals surface area contributed by atoms with E-state index in [1.807, 2.05) is 17.0 Å². The number of halogens is 1. The van der Waals surface area contributed by atoms with Crippen molar-refractivity contribution < 1.29 is 4.39 Å². The van der Waals surface area contributed by atoms with Crippen LogP contribution < -0.4 is 0 Å². The van der Waals surface area contributed by atoms with Crippen LogP contribution in [0.5, 0.6) is 0 Å². The van der Waals surface area contributed by atoms with Crippen LogP contribution in [0.2, 0.25) is 0 Å². The predicted molar refractivity (Wildman–Crippen MR) is 76.8 cm³/mol. The molecule has 0 fully saturated rings. The van der Waals surface area contributed by atoms with Crippen LogP contribution in [-0.2, 0) is 13.0 Å². The van der Waals surface area contributed by atoms with Crippen LogP contribution in [0.25, 0.3) is 5.69 Å². The van der Waals surface area contributed by atoms with E-state index in [0.29, 0.717) is 12.1 Å². The van der Waals surface area contributed by atoms with E-state index in [1.165, 1.54) is 6.07 Å². The van der Waals surface area contributed by atoms with Gasteiger partial charge in [-0.25, -0.2) is 14.1 Å². The molecule has 0 aliphatic rings. The monoisotopic (exact) mass is 285 g/mol. The van der Waals surface area contributed by atoms with E-state index >= 15 is 0 Å². The van der Waals surface area contributed by atoms with Gasteiger partial charge in [-0.2, -0.15) is 0 Å². The van der Waals surface area contributed by atoms with Crippen molar-refractivity contribution in [2.24, 2.45) is 0 Å². The molecule has 1 aromatic carbocycles. The molecular formula is C15H16FN5. The second kappa shape index (κ2) is 5.47. The second-order valence-corrected chi connectivity index (χ2v) is 4.91. The average molecular weight is 285 g/mol. The molecule has 2 aromatic heterocycles. The molecule has 0 atom stereocenters. The molecule has 0 unspecified atom stereocenters. The topological polar surface area (TPSA) is 48.5 Å². The zero-order chi connectivity index (χ0) is 14.8. The Labute approximate surface area is 122 Å². The third-order valence-electron chi connectivity index (χ3n) is 3.40. The van der Waals surface area contributed by atoms with Crippen LogP contribution in [0.1, 0.15) is 24.0 Å². The SMILES string of the molecule is CCc1nccn1Cc1cn(-c2ccc(F)c(C)c2)nn1. The minimum Gasteiger partial charge on any atom is -0.329 e. The fraction of sp³-hybridized carbons (Fsp3) is 0.267. The Morgan fingerprint density at radius 1 is 1.29 bits per heavy atom. The third kappa shape index (κ3) is 2.69. The fourth-order valence-electron chi connectivity index (χ4n) is 2.24. The van der Waals surface area contributed by atoms with Gasteiger partial charge in [-0.05, 0) is 30.7 Å². The fourth-order valence-corrected chi connectivity index (χ4v) is 2.24. The van der Waals surface area contributed by atoms with Gasteiger partial charge in [0.15, 0.2) is 0 Å². The summed E-state index contributed by atoms with van der Waals surface area (Å²) in [5, 5.41) is 8.27. The normalized spacial score (nSPS) is 11.0. The van der Waals surface area contributed by atoms with E-state index in [2.05, 4.69) is 22.2 Å². The molecule has 5 nitrogen and oxygen atoms in total. The first-order valence-electron chi connectivity index (χ1n) is 6.85. The summed E-state index contributed by atoms with van der Waals surface area (Å²) < 4.78 is 17.0. The molecule has 3 aromatic rings. The van der Waals surface area contributed by atoms with Crippen molar-refractivity contribution in [1.82, 2.24) is 24.5 Å². The van der Waals surface area contributed by atoms with Crippen molar-refractivity contribution in [3.63, 3.8) is 0 Å². The molecule has 0 saturated heterocycles. The van der Waals surface area contributed by atoms with Gasteiger partial charge < -0.3 is 4.57 Å². The van der Waals surface area contributed by atoms with Gasteiger partial charge in [0.05, 0.1) is 18.4 Å². The Balaban J connectivity index is 1.84. The Kier molecular flexibility index (Phi) is 3.51. The number of hydrogen-bond acceptors (Lipinski definition) is 3. The maximum atomic E-state index is 13.3. The lowest BCUT2D eigenvalue weighted by atomic mass is 10.2. The molecule has 108 valence electrons. The maximum Gasteiger partial charge on any atom is 0.126 e. The highest BCUT2D eigenvalue weighted by Gasteiger charge is 2.07. The zero-order valence-electron chi connectivity index (χ0n) is 12.0. The van der Waals surface area contributed by atoms with Crippen LogP contribution in [0.3, 0.4) is 0 Å².